The molecule has 1 aromatic rings. The first-order valence-electron chi connectivity index (χ1n) is 6.17. The molecule has 2 rings (SSSR count). The number of thiophene rings is 1. The Morgan fingerprint density at radius 2 is 2.38 bits per heavy atom. The van der Waals surface area contributed by atoms with Crippen LogP contribution < -0.4 is 0 Å². The van der Waals surface area contributed by atoms with E-state index in [0.717, 1.165) is 19.0 Å². The molecule has 0 bridgehead atoms. The van der Waals surface area contributed by atoms with Gasteiger partial charge >= 0.3 is 0 Å². The second-order valence-corrected chi connectivity index (χ2v) is 5.58. The molecule has 1 aliphatic rings. The molecule has 1 N–H and O–H groups in total. The first kappa shape index (κ1) is 12.1. The molecule has 1 aromatic heterocycles. The maximum absolute atomic E-state index is 9.17. The Morgan fingerprint density at radius 3 is 2.94 bits per heavy atom. The lowest BCUT2D eigenvalue weighted by Crippen LogP contribution is -2.38. The number of nitrogens with zero attached hydrogens (tertiary/aromatic N) is 1. The second-order valence-electron chi connectivity index (χ2n) is 4.80. The van der Waals surface area contributed by atoms with Gasteiger partial charge in [-0.3, -0.25) is 4.90 Å². The van der Waals surface area contributed by atoms with Crippen LogP contribution in [0.15, 0.2) is 16.8 Å². The predicted octanol–water partition coefficient (Wildman–Crippen LogP) is 2.73. The van der Waals surface area contributed by atoms with Gasteiger partial charge in [0, 0.05) is 19.1 Å². The van der Waals surface area contributed by atoms with Crippen molar-refractivity contribution in [3.05, 3.63) is 22.4 Å². The first-order valence-corrected chi connectivity index (χ1v) is 7.11. The summed E-state index contributed by atoms with van der Waals surface area (Å²) >= 11 is 1.75. The van der Waals surface area contributed by atoms with Gasteiger partial charge in [0.05, 0.1) is 6.61 Å². The lowest BCUT2D eigenvalue weighted by molar-refractivity contribution is 0.123. The maximum Gasteiger partial charge on any atom is 0.0558 e. The van der Waals surface area contributed by atoms with Gasteiger partial charge in [0.25, 0.3) is 0 Å². The van der Waals surface area contributed by atoms with Crippen molar-refractivity contribution in [1.82, 2.24) is 4.90 Å². The van der Waals surface area contributed by atoms with Crippen LogP contribution in [-0.2, 0) is 6.54 Å². The summed E-state index contributed by atoms with van der Waals surface area (Å²) in [5.41, 5.74) is 1.39. The smallest absolute Gasteiger partial charge is 0.0558 e. The van der Waals surface area contributed by atoms with E-state index in [4.69, 9.17) is 0 Å². The average molecular weight is 239 g/mol. The monoisotopic (exact) mass is 239 g/mol. The van der Waals surface area contributed by atoms with Crippen LogP contribution in [0.2, 0.25) is 0 Å². The van der Waals surface area contributed by atoms with Crippen LogP contribution in [0.1, 0.15) is 31.7 Å². The molecule has 2 atom stereocenters. The summed E-state index contributed by atoms with van der Waals surface area (Å²) in [4.78, 5) is 2.46. The molecular weight excluding hydrogens is 218 g/mol. The van der Waals surface area contributed by atoms with Crippen molar-refractivity contribution in [1.29, 1.82) is 0 Å². The zero-order valence-electron chi connectivity index (χ0n) is 9.93. The summed E-state index contributed by atoms with van der Waals surface area (Å²) in [6, 6.07) is 2.86. The molecule has 0 aliphatic heterocycles. The Morgan fingerprint density at radius 1 is 1.50 bits per heavy atom. The fraction of sp³-hybridized carbons (Fsp3) is 0.692. The van der Waals surface area contributed by atoms with Crippen molar-refractivity contribution in [2.75, 3.05) is 13.2 Å². The van der Waals surface area contributed by atoms with E-state index in [0.29, 0.717) is 6.04 Å². The lowest BCUT2D eigenvalue weighted by Gasteiger charge is -2.31. The minimum Gasteiger partial charge on any atom is -0.395 e. The number of hydrogen-bond acceptors (Lipinski definition) is 3. The number of aliphatic hydroxyl groups excluding tert-OH is 1. The minimum atomic E-state index is 0.271. The molecule has 0 saturated heterocycles. The molecule has 0 spiro atoms. The van der Waals surface area contributed by atoms with E-state index < -0.39 is 0 Å². The van der Waals surface area contributed by atoms with E-state index in [1.807, 2.05) is 0 Å². The Hall–Kier alpha value is -0.380. The minimum absolute atomic E-state index is 0.271. The van der Waals surface area contributed by atoms with Gasteiger partial charge in [0.1, 0.15) is 0 Å². The van der Waals surface area contributed by atoms with Gasteiger partial charge in [0.2, 0.25) is 0 Å². The molecule has 90 valence electrons. The van der Waals surface area contributed by atoms with E-state index >= 15 is 0 Å². The summed E-state index contributed by atoms with van der Waals surface area (Å²) < 4.78 is 0. The van der Waals surface area contributed by atoms with Gasteiger partial charge in [-0.1, -0.05) is 13.3 Å². The van der Waals surface area contributed by atoms with Gasteiger partial charge in [-0.25, -0.2) is 0 Å². The fourth-order valence-corrected chi connectivity index (χ4v) is 3.44. The van der Waals surface area contributed by atoms with E-state index in [-0.39, 0.29) is 6.61 Å². The molecule has 1 heterocycles. The zero-order valence-corrected chi connectivity index (χ0v) is 10.7. The van der Waals surface area contributed by atoms with Crippen LogP contribution in [0.3, 0.4) is 0 Å². The largest absolute Gasteiger partial charge is 0.395 e. The lowest BCUT2D eigenvalue weighted by atomic mass is 10.0. The Bertz CT molecular complexity index is 299. The van der Waals surface area contributed by atoms with Crippen molar-refractivity contribution < 1.29 is 5.11 Å². The van der Waals surface area contributed by atoms with E-state index in [1.54, 1.807) is 11.3 Å². The number of rotatable bonds is 5. The van der Waals surface area contributed by atoms with Crippen molar-refractivity contribution in [3.63, 3.8) is 0 Å². The molecule has 2 nitrogen and oxygen atoms in total. The molecular formula is C13H21NOS. The highest BCUT2D eigenvalue weighted by atomic mass is 32.1. The summed E-state index contributed by atoms with van der Waals surface area (Å²) in [6.45, 7) is 4.42. The van der Waals surface area contributed by atoms with Crippen molar-refractivity contribution in [3.8, 4) is 0 Å². The van der Waals surface area contributed by atoms with Crippen molar-refractivity contribution in [2.24, 2.45) is 5.92 Å². The van der Waals surface area contributed by atoms with Crippen LogP contribution in [0.25, 0.3) is 0 Å². The molecule has 0 amide bonds. The van der Waals surface area contributed by atoms with Gasteiger partial charge in [-0.15, -0.1) is 0 Å². The summed E-state index contributed by atoms with van der Waals surface area (Å²) in [5, 5.41) is 13.5. The van der Waals surface area contributed by atoms with Gasteiger partial charge in [0.15, 0.2) is 0 Å². The van der Waals surface area contributed by atoms with Crippen LogP contribution in [0, 0.1) is 5.92 Å². The second kappa shape index (κ2) is 5.80. The molecule has 0 aromatic carbocycles. The van der Waals surface area contributed by atoms with Crippen molar-refractivity contribution >= 4 is 11.3 Å². The summed E-state index contributed by atoms with van der Waals surface area (Å²) in [7, 11) is 0. The molecule has 0 radical (unpaired) electrons. The maximum atomic E-state index is 9.17. The highest BCUT2D eigenvalue weighted by Crippen LogP contribution is 2.30. The fourth-order valence-electron chi connectivity index (χ4n) is 2.78. The Labute approximate surface area is 102 Å². The van der Waals surface area contributed by atoms with E-state index in [2.05, 4.69) is 28.7 Å². The van der Waals surface area contributed by atoms with Gasteiger partial charge in [-0.05, 0) is 41.1 Å². The highest BCUT2D eigenvalue weighted by molar-refractivity contribution is 7.07. The molecule has 3 heteroatoms. The quantitative estimate of drug-likeness (QED) is 0.854. The van der Waals surface area contributed by atoms with Crippen LogP contribution >= 0.6 is 11.3 Å². The normalized spacial score (nSPS) is 25.4. The van der Waals surface area contributed by atoms with Crippen LogP contribution in [0.4, 0.5) is 0 Å². The summed E-state index contributed by atoms with van der Waals surface area (Å²) in [6.07, 6.45) is 3.99. The third kappa shape index (κ3) is 2.84. The topological polar surface area (TPSA) is 23.5 Å². The van der Waals surface area contributed by atoms with Crippen molar-refractivity contribution in [2.45, 2.75) is 38.8 Å². The SMILES string of the molecule is C[C@@H]1CCC[C@@H]1N(CCO)Cc1ccsc1. The number of aliphatic hydroxyl groups is 1. The van der Waals surface area contributed by atoms with Gasteiger partial charge < -0.3 is 5.11 Å². The van der Waals surface area contributed by atoms with Crippen LogP contribution in [-0.4, -0.2) is 29.2 Å². The molecule has 0 unspecified atom stereocenters. The zero-order chi connectivity index (χ0) is 11.4. The third-order valence-corrected chi connectivity index (χ3v) is 4.37. The summed E-state index contributed by atoms with van der Waals surface area (Å²) in [5.74, 6) is 0.783. The molecule has 16 heavy (non-hydrogen) atoms. The first-order chi connectivity index (χ1) is 7.81. The molecule has 1 aliphatic carbocycles. The standard InChI is InChI=1S/C13H21NOS/c1-11-3-2-4-13(11)14(6-7-15)9-12-5-8-16-10-12/h5,8,10-11,13,15H,2-4,6-7,9H2,1H3/t11-,13+/m1/s1. The predicted molar refractivity (Wildman–Crippen MR) is 68.6 cm³/mol. The molecule has 1 saturated carbocycles. The highest BCUT2D eigenvalue weighted by Gasteiger charge is 2.28. The van der Waals surface area contributed by atoms with E-state index in [9.17, 15) is 5.11 Å². The third-order valence-electron chi connectivity index (χ3n) is 3.64. The Balaban J connectivity index is 1.99. The Kier molecular flexibility index (Phi) is 4.38. The van der Waals surface area contributed by atoms with Crippen LogP contribution in [0.5, 0.6) is 0 Å². The molecule has 1 fully saturated rings. The average Bonchev–Trinajstić information content (AvgIpc) is 2.88. The number of hydrogen-bond donors (Lipinski definition) is 1. The van der Waals surface area contributed by atoms with E-state index in [1.165, 1.54) is 24.8 Å². The van der Waals surface area contributed by atoms with Gasteiger partial charge in [-0.2, -0.15) is 11.3 Å².